The van der Waals surface area contributed by atoms with Crippen molar-refractivity contribution < 1.29 is 9.59 Å². The van der Waals surface area contributed by atoms with E-state index in [1.165, 1.54) is 38.5 Å². The minimum Gasteiger partial charge on any atom is -0.352 e. The number of carbonyl (C=O) groups is 2. The molecule has 0 radical (unpaired) electrons. The SMILES string of the molecule is C[C@H](NC(=O)Cn1cccc1C(=O)c1ccccc1)C12CC3CC(CC(C3)C1)C2. The fourth-order valence-electron chi connectivity index (χ4n) is 6.80. The van der Waals surface area contributed by atoms with Crippen LogP contribution in [0.4, 0.5) is 0 Å². The molecule has 4 fully saturated rings. The molecule has 1 aromatic carbocycles. The fourth-order valence-corrected chi connectivity index (χ4v) is 6.80. The lowest BCUT2D eigenvalue weighted by molar-refractivity contribution is -0.126. The van der Waals surface area contributed by atoms with Crippen molar-refractivity contribution in [2.75, 3.05) is 0 Å². The lowest BCUT2D eigenvalue weighted by Gasteiger charge is -2.59. The molecule has 4 saturated carbocycles. The Labute approximate surface area is 172 Å². The van der Waals surface area contributed by atoms with Crippen LogP contribution >= 0.6 is 0 Å². The summed E-state index contributed by atoms with van der Waals surface area (Å²) in [7, 11) is 0. The number of ketones is 1. The zero-order valence-corrected chi connectivity index (χ0v) is 17.1. The molecule has 1 amide bonds. The first kappa shape index (κ1) is 18.7. The number of nitrogens with one attached hydrogen (secondary N) is 1. The van der Waals surface area contributed by atoms with Crippen LogP contribution in [0.3, 0.4) is 0 Å². The van der Waals surface area contributed by atoms with Gasteiger partial charge in [0.2, 0.25) is 11.7 Å². The Hall–Kier alpha value is -2.36. The molecule has 0 saturated heterocycles. The number of carbonyl (C=O) groups excluding carboxylic acids is 2. The third-order valence-electron chi connectivity index (χ3n) is 7.79. The Kier molecular flexibility index (Phi) is 4.60. The molecule has 29 heavy (non-hydrogen) atoms. The number of nitrogens with zero attached hydrogens (tertiary/aromatic N) is 1. The molecule has 0 spiro atoms. The minimum atomic E-state index is -0.0440. The monoisotopic (exact) mass is 390 g/mol. The van der Waals surface area contributed by atoms with Crippen molar-refractivity contribution in [3.8, 4) is 0 Å². The number of aromatic nitrogens is 1. The second-order valence-corrected chi connectivity index (χ2v) is 9.79. The van der Waals surface area contributed by atoms with Gasteiger partial charge in [-0.3, -0.25) is 9.59 Å². The van der Waals surface area contributed by atoms with Gasteiger partial charge in [0, 0.05) is 17.8 Å². The smallest absolute Gasteiger partial charge is 0.240 e. The molecular formula is C25H30N2O2. The number of amides is 1. The molecule has 1 heterocycles. The maximum absolute atomic E-state index is 12.9. The van der Waals surface area contributed by atoms with Gasteiger partial charge >= 0.3 is 0 Å². The molecule has 4 aliphatic carbocycles. The molecular weight excluding hydrogens is 360 g/mol. The summed E-state index contributed by atoms with van der Waals surface area (Å²) in [5.41, 5.74) is 1.51. The average molecular weight is 391 g/mol. The van der Waals surface area contributed by atoms with Crippen molar-refractivity contribution in [2.45, 2.75) is 58.0 Å². The second-order valence-electron chi connectivity index (χ2n) is 9.79. The number of benzene rings is 1. The van der Waals surface area contributed by atoms with Crippen LogP contribution < -0.4 is 5.32 Å². The van der Waals surface area contributed by atoms with Crippen molar-refractivity contribution >= 4 is 11.7 Å². The van der Waals surface area contributed by atoms with Crippen LogP contribution in [0.25, 0.3) is 0 Å². The molecule has 4 nitrogen and oxygen atoms in total. The summed E-state index contributed by atoms with van der Waals surface area (Å²) in [4.78, 5) is 25.7. The van der Waals surface area contributed by atoms with E-state index in [0.29, 0.717) is 16.7 Å². The zero-order valence-electron chi connectivity index (χ0n) is 17.1. The largest absolute Gasteiger partial charge is 0.352 e. The van der Waals surface area contributed by atoms with Gasteiger partial charge in [-0.25, -0.2) is 0 Å². The van der Waals surface area contributed by atoms with Crippen LogP contribution in [-0.4, -0.2) is 22.3 Å². The molecule has 0 unspecified atom stereocenters. The molecule has 4 heteroatoms. The van der Waals surface area contributed by atoms with E-state index in [-0.39, 0.29) is 24.3 Å². The van der Waals surface area contributed by atoms with Gasteiger partial charge in [0.1, 0.15) is 6.54 Å². The van der Waals surface area contributed by atoms with Gasteiger partial charge in [-0.1, -0.05) is 30.3 Å². The Bertz CT molecular complexity index is 879. The molecule has 1 aromatic heterocycles. The molecule has 4 bridgehead atoms. The highest BCUT2D eigenvalue weighted by Crippen LogP contribution is 2.61. The number of rotatable bonds is 6. The molecule has 152 valence electrons. The summed E-state index contributed by atoms with van der Waals surface area (Å²) < 4.78 is 1.77. The van der Waals surface area contributed by atoms with Crippen LogP contribution in [0.2, 0.25) is 0 Å². The highest BCUT2D eigenvalue weighted by molar-refractivity contribution is 6.08. The summed E-state index contributed by atoms with van der Waals surface area (Å²) in [6.45, 7) is 2.40. The van der Waals surface area contributed by atoms with Gasteiger partial charge in [-0.2, -0.15) is 0 Å². The Morgan fingerprint density at radius 3 is 2.24 bits per heavy atom. The van der Waals surface area contributed by atoms with Gasteiger partial charge in [-0.05, 0) is 80.8 Å². The summed E-state index contributed by atoms with van der Waals surface area (Å²) in [5.74, 6) is 2.59. The predicted octanol–water partition coefficient (Wildman–Crippen LogP) is 4.44. The maximum atomic E-state index is 12.9. The summed E-state index contributed by atoms with van der Waals surface area (Å²) >= 11 is 0. The van der Waals surface area contributed by atoms with Crippen LogP contribution in [0, 0.1) is 23.2 Å². The van der Waals surface area contributed by atoms with E-state index in [1.54, 1.807) is 10.6 Å². The second kappa shape index (κ2) is 7.16. The van der Waals surface area contributed by atoms with E-state index < -0.39 is 0 Å². The fraction of sp³-hybridized carbons (Fsp3) is 0.520. The highest BCUT2D eigenvalue weighted by Gasteiger charge is 2.53. The Morgan fingerprint density at radius 1 is 1.00 bits per heavy atom. The third-order valence-corrected chi connectivity index (χ3v) is 7.79. The lowest BCUT2D eigenvalue weighted by Crippen LogP contribution is -2.56. The summed E-state index contributed by atoms with van der Waals surface area (Å²) in [6.07, 6.45) is 9.90. The Balaban J connectivity index is 1.26. The predicted molar refractivity (Wildman–Crippen MR) is 113 cm³/mol. The van der Waals surface area contributed by atoms with Gasteiger partial charge < -0.3 is 9.88 Å². The molecule has 1 atom stereocenters. The van der Waals surface area contributed by atoms with Crippen LogP contribution in [0.5, 0.6) is 0 Å². The number of hydrogen-bond acceptors (Lipinski definition) is 2. The van der Waals surface area contributed by atoms with Crippen molar-refractivity contribution in [3.05, 3.63) is 59.9 Å². The normalized spacial score (nSPS) is 30.9. The molecule has 4 aliphatic rings. The Morgan fingerprint density at radius 2 is 1.62 bits per heavy atom. The van der Waals surface area contributed by atoms with Crippen LogP contribution in [0.1, 0.15) is 61.5 Å². The van der Waals surface area contributed by atoms with Crippen molar-refractivity contribution in [2.24, 2.45) is 23.2 Å². The van der Waals surface area contributed by atoms with Crippen molar-refractivity contribution in [3.63, 3.8) is 0 Å². The van der Waals surface area contributed by atoms with Gasteiger partial charge in [0.05, 0.1) is 5.69 Å². The molecule has 1 N–H and O–H groups in total. The van der Waals surface area contributed by atoms with E-state index in [2.05, 4.69) is 12.2 Å². The highest BCUT2D eigenvalue weighted by atomic mass is 16.2. The van der Waals surface area contributed by atoms with Crippen molar-refractivity contribution in [1.29, 1.82) is 0 Å². The van der Waals surface area contributed by atoms with E-state index in [4.69, 9.17) is 0 Å². The molecule has 2 aromatic rings. The summed E-state index contributed by atoms with van der Waals surface area (Å²) in [6, 6.07) is 13.1. The lowest BCUT2D eigenvalue weighted by atomic mass is 9.48. The van der Waals surface area contributed by atoms with Gasteiger partial charge in [0.25, 0.3) is 0 Å². The van der Waals surface area contributed by atoms with E-state index >= 15 is 0 Å². The van der Waals surface area contributed by atoms with Gasteiger partial charge in [-0.15, -0.1) is 0 Å². The van der Waals surface area contributed by atoms with Crippen molar-refractivity contribution in [1.82, 2.24) is 9.88 Å². The van der Waals surface area contributed by atoms with E-state index in [9.17, 15) is 9.59 Å². The first-order chi connectivity index (χ1) is 14.0. The average Bonchev–Trinajstić information content (AvgIpc) is 3.15. The van der Waals surface area contributed by atoms with Gasteiger partial charge in [0.15, 0.2) is 0 Å². The molecule has 6 rings (SSSR count). The van der Waals surface area contributed by atoms with E-state index in [0.717, 1.165) is 17.8 Å². The first-order valence-corrected chi connectivity index (χ1v) is 11.1. The quantitative estimate of drug-likeness (QED) is 0.742. The summed E-state index contributed by atoms with van der Waals surface area (Å²) in [5, 5.41) is 3.31. The maximum Gasteiger partial charge on any atom is 0.240 e. The molecule has 0 aliphatic heterocycles. The first-order valence-electron chi connectivity index (χ1n) is 11.1. The standard InChI is InChI=1S/C25H30N2O2/c1-17(25-13-18-10-19(14-25)12-20(11-18)15-25)26-23(28)16-27-9-5-8-22(27)24(29)21-6-3-2-4-7-21/h2-9,17-20H,10-16H2,1H3,(H,26,28)/t17-,18?,19?,20?,25?/m0/s1. The third kappa shape index (κ3) is 3.43. The topological polar surface area (TPSA) is 51.1 Å². The zero-order chi connectivity index (χ0) is 20.0. The number of hydrogen-bond donors (Lipinski definition) is 1. The minimum absolute atomic E-state index is 0.00607. The van der Waals surface area contributed by atoms with Crippen LogP contribution in [0.15, 0.2) is 48.7 Å². The van der Waals surface area contributed by atoms with E-state index in [1.807, 2.05) is 42.6 Å². The van der Waals surface area contributed by atoms with Crippen LogP contribution in [-0.2, 0) is 11.3 Å².